The number of hydrogen-bond acceptors (Lipinski definition) is 5. The number of rotatable bonds is 5. The van der Waals surface area contributed by atoms with Gasteiger partial charge in [0.1, 0.15) is 0 Å². The van der Waals surface area contributed by atoms with E-state index in [-0.39, 0.29) is 6.04 Å². The van der Waals surface area contributed by atoms with Crippen LogP contribution in [0, 0.1) is 0 Å². The standard InChI is InChI=1S/C25H20N4O/c1-17(18-11-5-2-6-12-18)26-23-21-24(28-22(27-23)19-13-7-3-8-14-19)29-25(30-21)20-15-9-4-10-16-20/h2-17H,1H3,(H,26,27,28). The van der Waals surface area contributed by atoms with Crippen LogP contribution in [0.3, 0.4) is 0 Å². The molecular weight excluding hydrogens is 372 g/mol. The van der Waals surface area contributed by atoms with E-state index in [1.54, 1.807) is 0 Å². The first-order valence-electron chi connectivity index (χ1n) is 9.89. The number of anilines is 1. The van der Waals surface area contributed by atoms with E-state index < -0.39 is 0 Å². The van der Waals surface area contributed by atoms with Gasteiger partial charge in [-0.05, 0) is 24.6 Å². The minimum absolute atomic E-state index is 0.0400. The van der Waals surface area contributed by atoms with Gasteiger partial charge in [-0.1, -0.05) is 78.9 Å². The van der Waals surface area contributed by atoms with Crippen molar-refractivity contribution in [2.24, 2.45) is 0 Å². The largest absolute Gasteiger partial charge is 0.430 e. The quantitative estimate of drug-likeness (QED) is 0.390. The molecule has 3 aromatic carbocycles. The zero-order valence-electron chi connectivity index (χ0n) is 16.5. The fraction of sp³-hybridized carbons (Fsp3) is 0.0800. The van der Waals surface area contributed by atoms with Crippen LogP contribution in [-0.2, 0) is 0 Å². The van der Waals surface area contributed by atoms with E-state index in [2.05, 4.69) is 34.3 Å². The lowest BCUT2D eigenvalue weighted by molar-refractivity contribution is 0.618. The molecule has 0 saturated carbocycles. The van der Waals surface area contributed by atoms with Gasteiger partial charge in [-0.25, -0.2) is 9.97 Å². The Hall–Kier alpha value is -3.99. The molecule has 0 bridgehead atoms. The summed E-state index contributed by atoms with van der Waals surface area (Å²) in [7, 11) is 0. The molecule has 0 aliphatic carbocycles. The van der Waals surface area contributed by atoms with Gasteiger partial charge in [0.15, 0.2) is 11.6 Å². The van der Waals surface area contributed by atoms with Crippen molar-refractivity contribution in [1.82, 2.24) is 15.0 Å². The summed E-state index contributed by atoms with van der Waals surface area (Å²) in [6, 6.07) is 30.0. The molecular formula is C25H20N4O. The number of hydrogen-bond donors (Lipinski definition) is 1. The van der Waals surface area contributed by atoms with Gasteiger partial charge in [-0.2, -0.15) is 4.98 Å². The van der Waals surface area contributed by atoms with Crippen molar-refractivity contribution in [1.29, 1.82) is 0 Å². The molecule has 5 heteroatoms. The Morgan fingerprint density at radius 3 is 1.97 bits per heavy atom. The first kappa shape index (κ1) is 18.1. The highest BCUT2D eigenvalue weighted by molar-refractivity contribution is 5.85. The average Bonchev–Trinajstić information content (AvgIpc) is 3.25. The van der Waals surface area contributed by atoms with Crippen molar-refractivity contribution < 1.29 is 4.42 Å². The van der Waals surface area contributed by atoms with Crippen LogP contribution in [0.15, 0.2) is 95.4 Å². The summed E-state index contributed by atoms with van der Waals surface area (Å²) < 4.78 is 6.11. The van der Waals surface area contributed by atoms with Crippen molar-refractivity contribution in [2.75, 3.05) is 5.32 Å². The molecule has 5 nitrogen and oxygen atoms in total. The second-order valence-corrected chi connectivity index (χ2v) is 7.08. The molecule has 1 unspecified atom stereocenters. The molecule has 0 aliphatic rings. The van der Waals surface area contributed by atoms with Crippen LogP contribution in [0.2, 0.25) is 0 Å². The normalized spacial score (nSPS) is 12.0. The fourth-order valence-corrected chi connectivity index (χ4v) is 3.37. The Morgan fingerprint density at radius 2 is 1.30 bits per heavy atom. The predicted octanol–water partition coefficient (Wildman–Crippen LogP) is 6.12. The van der Waals surface area contributed by atoms with Crippen LogP contribution >= 0.6 is 0 Å². The molecule has 30 heavy (non-hydrogen) atoms. The van der Waals surface area contributed by atoms with Crippen molar-refractivity contribution in [3.8, 4) is 22.8 Å². The Bertz CT molecular complexity index is 1270. The van der Waals surface area contributed by atoms with Crippen LogP contribution in [-0.4, -0.2) is 15.0 Å². The van der Waals surface area contributed by atoms with Crippen molar-refractivity contribution >= 4 is 17.0 Å². The topological polar surface area (TPSA) is 63.8 Å². The van der Waals surface area contributed by atoms with Gasteiger partial charge in [-0.3, -0.25) is 0 Å². The molecule has 1 N–H and O–H groups in total. The third-order valence-electron chi connectivity index (χ3n) is 4.96. The third kappa shape index (κ3) is 3.53. The second-order valence-electron chi connectivity index (χ2n) is 7.08. The van der Waals surface area contributed by atoms with Crippen LogP contribution in [0.5, 0.6) is 0 Å². The van der Waals surface area contributed by atoms with Crippen molar-refractivity contribution in [3.63, 3.8) is 0 Å². The highest BCUT2D eigenvalue weighted by atomic mass is 16.3. The number of nitrogens with one attached hydrogen (secondary N) is 1. The van der Waals surface area contributed by atoms with Crippen LogP contribution < -0.4 is 5.32 Å². The molecule has 0 aliphatic heterocycles. The molecule has 2 heterocycles. The predicted molar refractivity (Wildman–Crippen MR) is 119 cm³/mol. The van der Waals surface area contributed by atoms with Gasteiger partial charge in [0, 0.05) is 11.1 Å². The number of nitrogens with zero attached hydrogens (tertiary/aromatic N) is 3. The van der Waals surface area contributed by atoms with E-state index in [1.165, 1.54) is 0 Å². The zero-order chi connectivity index (χ0) is 20.3. The molecule has 146 valence electrons. The lowest BCUT2D eigenvalue weighted by Crippen LogP contribution is -2.09. The lowest BCUT2D eigenvalue weighted by Gasteiger charge is -2.15. The molecule has 5 aromatic rings. The van der Waals surface area contributed by atoms with Crippen LogP contribution in [0.1, 0.15) is 18.5 Å². The molecule has 2 aromatic heterocycles. The summed E-state index contributed by atoms with van der Waals surface area (Å²) in [6.45, 7) is 2.10. The maximum Gasteiger partial charge on any atom is 0.229 e. The van der Waals surface area contributed by atoms with E-state index in [9.17, 15) is 0 Å². The van der Waals surface area contributed by atoms with Crippen molar-refractivity contribution in [3.05, 3.63) is 96.6 Å². The fourth-order valence-electron chi connectivity index (χ4n) is 3.37. The van der Waals surface area contributed by atoms with E-state index in [0.717, 1.165) is 16.7 Å². The summed E-state index contributed by atoms with van der Waals surface area (Å²) in [4.78, 5) is 14.1. The minimum Gasteiger partial charge on any atom is -0.430 e. The first-order chi connectivity index (χ1) is 14.8. The van der Waals surface area contributed by atoms with E-state index in [0.29, 0.717) is 28.8 Å². The highest BCUT2D eigenvalue weighted by Crippen LogP contribution is 2.31. The maximum absolute atomic E-state index is 6.11. The monoisotopic (exact) mass is 392 g/mol. The zero-order valence-corrected chi connectivity index (χ0v) is 16.5. The maximum atomic E-state index is 6.11. The van der Waals surface area contributed by atoms with E-state index in [4.69, 9.17) is 9.40 Å². The summed E-state index contributed by atoms with van der Waals surface area (Å²) in [6.07, 6.45) is 0. The van der Waals surface area contributed by atoms with Gasteiger partial charge < -0.3 is 9.73 Å². The van der Waals surface area contributed by atoms with Gasteiger partial charge in [0.2, 0.25) is 17.1 Å². The second kappa shape index (κ2) is 7.79. The number of benzene rings is 3. The lowest BCUT2D eigenvalue weighted by atomic mass is 10.1. The van der Waals surface area contributed by atoms with Crippen LogP contribution in [0.4, 0.5) is 5.82 Å². The first-order valence-corrected chi connectivity index (χ1v) is 9.89. The number of oxazole rings is 1. The average molecular weight is 392 g/mol. The third-order valence-corrected chi connectivity index (χ3v) is 4.96. The molecule has 5 rings (SSSR count). The van der Waals surface area contributed by atoms with Gasteiger partial charge in [-0.15, -0.1) is 0 Å². The summed E-state index contributed by atoms with van der Waals surface area (Å²) in [5.74, 6) is 1.77. The molecule has 0 fully saturated rings. The molecule has 0 spiro atoms. The van der Waals surface area contributed by atoms with Crippen molar-refractivity contribution in [2.45, 2.75) is 13.0 Å². The Labute approximate surface area is 174 Å². The molecule has 1 atom stereocenters. The molecule has 0 amide bonds. The van der Waals surface area contributed by atoms with E-state index in [1.807, 2.05) is 78.9 Å². The molecule has 0 radical (unpaired) electrons. The van der Waals surface area contributed by atoms with Gasteiger partial charge >= 0.3 is 0 Å². The Balaban J connectivity index is 1.63. The summed E-state index contributed by atoms with van der Waals surface area (Å²) >= 11 is 0. The molecule has 0 saturated heterocycles. The summed E-state index contributed by atoms with van der Waals surface area (Å²) in [5, 5.41) is 3.49. The number of fused-ring (bicyclic) bond motifs is 1. The van der Waals surface area contributed by atoms with Crippen LogP contribution in [0.25, 0.3) is 34.1 Å². The number of aromatic nitrogens is 3. The highest BCUT2D eigenvalue weighted by Gasteiger charge is 2.18. The van der Waals surface area contributed by atoms with Gasteiger partial charge in [0.05, 0.1) is 6.04 Å². The van der Waals surface area contributed by atoms with E-state index >= 15 is 0 Å². The van der Waals surface area contributed by atoms with Gasteiger partial charge in [0.25, 0.3) is 0 Å². The Morgan fingerprint density at radius 1 is 0.700 bits per heavy atom. The Kier molecular flexibility index (Phi) is 4.69. The smallest absolute Gasteiger partial charge is 0.229 e. The summed E-state index contributed by atoms with van der Waals surface area (Å²) in [5.41, 5.74) is 4.08. The minimum atomic E-state index is 0.0400. The SMILES string of the molecule is CC(Nc1nc(-c2ccccc2)nc2nc(-c3ccccc3)oc12)c1ccccc1.